The Morgan fingerprint density at radius 2 is 1.37 bits per heavy atom. The Balaban J connectivity index is 1.46. The van der Waals surface area contributed by atoms with E-state index in [2.05, 4.69) is 20.1 Å². The summed E-state index contributed by atoms with van der Waals surface area (Å²) in [5.41, 5.74) is 14.0. The molecule has 11 heteroatoms. The molecule has 1 aliphatic rings. The van der Waals surface area contributed by atoms with E-state index in [1.165, 1.54) is 0 Å². The third kappa shape index (κ3) is 11.9. The zero-order chi connectivity index (χ0) is 37.6. The summed E-state index contributed by atoms with van der Waals surface area (Å²) in [5, 5.41) is 11.5. The fourth-order valence-electron chi connectivity index (χ4n) is 7.40. The van der Waals surface area contributed by atoms with Gasteiger partial charge in [0, 0.05) is 43.8 Å². The first-order valence-corrected chi connectivity index (χ1v) is 19.0. The summed E-state index contributed by atoms with van der Waals surface area (Å²) in [7, 11) is 0. The number of aromatic nitrogens is 3. The number of hydrogen-bond donors (Lipinski definition) is 3. The zero-order valence-electron chi connectivity index (χ0n) is 31.5. The molecule has 0 unspecified atom stereocenters. The van der Waals surface area contributed by atoms with Gasteiger partial charge in [0.2, 0.25) is 11.8 Å². The molecule has 4 rings (SSSR count). The first-order valence-electron chi connectivity index (χ1n) is 19.0. The molecule has 2 amide bonds. The molecule has 52 heavy (non-hydrogen) atoms. The van der Waals surface area contributed by atoms with Crippen LogP contribution in [-0.4, -0.2) is 74.8 Å². The average Bonchev–Trinajstić information content (AvgIpc) is 3.47. The predicted molar refractivity (Wildman–Crippen MR) is 203 cm³/mol. The SMILES string of the molecule is Cc1nnc(C)n1C1CCN(C(=O)[C@@H](CCCCN)CC(=O)[C@@H](CC(C)C)NC(=O)[C@H](CC(=O)[C@H](N)Cc2ccccc2)Cc2ccccc2)CC1. The van der Waals surface area contributed by atoms with Gasteiger partial charge in [-0.2, -0.15) is 0 Å². The number of carbonyl (C=O) groups excluding carboxylic acids is 4. The standard InChI is InChI=1S/C41H59N7O4/c1-28(2)23-37(44-40(51)34(24-31-13-7-5-8-14-31)27-38(49)36(43)25-32-15-9-6-10-16-32)39(50)26-33(17-11-12-20-42)41(52)47-21-18-35(19-22-47)48-29(3)45-46-30(48)4/h5-10,13-16,28,33-37H,11-12,17-27,42-43H2,1-4H3,(H,44,51)/t33-,34-,36+,37+/m0/s1. The molecule has 0 bridgehead atoms. The zero-order valence-corrected chi connectivity index (χ0v) is 31.5. The van der Waals surface area contributed by atoms with Crippen LogP contribution in [0.2, 0.25) is 0 Å². The number of rotatable bonds is 20. The lowest BCUT2D eigenvalue weighted by atomic mass is 9.87. The van der Waals surface area contributed by atoms with Crippen molar-refractivity contribution in [1.82, 2.24) is 25.0 Å². The van der Waals surface area contributed by atoms with Gasteiger partial charge >= 0.3 is 0 Å². The monoisotopic (exact) mass is 713 g/mol. The molecule has 0 saturated carbocycles. The van der Waals surface area contributed by atoms with Gasteiger partial charge in [-0.3, -0.25) is 19.2 Å². The quantitative estimate of drug-likeness (QED) is 0.142. The Morgan fingerprint density at radius 3 is 1.92 bits per heavy atom. The van der Waals surface area contributed by atoms with Crippen molar-refractivity contribution >= 4 is 23.4 Å². The van der Waals surface area contributed by atoms with Crippen LogP contribution in [0, 0.1) is 31.6 Å². The van der Waals surface area contributed by atoms with Gasteiger partial charge in [0.05, 0.1) is 12.1 Å². The molecule has 5 N–H and O–H groups in total. The second-order valence-electron chi connectivity index (χ2n) is 14.9. The fraction of sp³-hybridized carbons (Fsp3) is 0.561. The molecular formula is C41H59N7O4. The third-order valence-electron chi connectivity index (χ3n) is 10.2. The minimum absolute atomic E-state index is 0.0180. The molecule has 1 aromatic heterocycles. The Bertz CT molecular complexity index is 1570. The molecule has 1 aliphatic heterocycles. The lowest BCUT2D eigenvalue weighted by Gasteiger charge is -2.35. The number of hydrogen-bond acceptors (Lipinski definition) is 8. The lowest BCUT2D eigenvalue weighted by Crippen LogP contribution is -2.48. The van der Waals surface area contributed by atoms with Crippen molar-refractivity contribution in [1.29, 1.82) is 0 Å². The number of piperidine rings is 1. The molecule has 1 saturated heterocycles. The van der Waals surface area contributed by atoms with E-state index in [1.54, 1.807) is 0 Å². The van der Waals surface area contributed by atoms with Gasteiger partial charge in [-0.15, -0.1) is 10.2 Å². The summed E-state index contributed by atoms with van der Waals surface area (Å²) in [5.74, 6) is -0.0879. The summed E-state index contributed by atoms with van der Waals surface area (Å²) < 4.78 is 2.15. The van der Waals surface area contributed by atoms with E-state index in [0.717, 1.165) is 48.5 Å². The molecule has 1 fully saturated rings. The van der Waals surface area contributed by atoms with E-state index in [4.69, 9.17) is 11.5 Å². The van der Waals surface area contributed by atoms with Gasteiger partial charge in [-0.05, 0) is 82.4 Å². The van der Waals surface area contributed by atoms with E-state index in [9.17, 15) is 19.2 Å². The van der Waals surface area contributed by atoms with Crippen molar-refractivity contribution in [3.63, 3.8) is 0 Å². The minimum atomic E-state index is -0.783. The van der Waals surface area contributed by atoms with Gasteiger partial charge in [-0.1, -0.05) is 80.9 Å². The molecule has 282 valence electrons. The summed E-state index contributed by atoms with van der Waals surface area (Å²) in [6.07, 6.45) is 4.77. The largest absolute Gasteiger partial charge is 0.346 e. The molecule has 4 atom stereocenters. The van der Waals surface area contributed by atoms with E-state index in [1.807, 2.05) is 93.3 Å². The highest BCUT2D eigenvalue weighted by atomic mass is 16.2. The highest BCUT2D eigenvalue weighted by Gasteiger charge is 2.34. The number of aryl methyl sites for hydroxylation is 2. The summed E-state index contributed by atoms with van der Waals surface area (Å²) in [4.78, 5) is 57.5. The minimum Gasteiger partial charge on any atom is -0.346 e. The number of nitrogens with zero attached hydrogens (tertiary/aromatic N) is 4. The number of nitrogens with two attached hydrogens (primary N) is 2. The van der Waals surface area contributed by atoms with Crippen LogP contribution in [0.3, 0.4) is 0 Å². The summed E-state index contributed by atoms with van der Waals surface area (Å²) >= 11 is 0. The van der Waals surface area contributed by atoms with Crippen molar-refractivity contribution in [2.45, 2.75) is 110 Å². The molecule has 0 spiro atoms. The Labute approximate surface area is 309 Å². The van der Waals surface area contributed by atoms with E-state index < -0.39 is 23.9 Å². The molecule has 11 nitrogen and oxygen atoms in total. The van der Waals surface area contributed by atoms with Crippen molar-refractivity contribution in [2.75, 3.05) is 19.6 Å². The van der Waals surface area contributed by atoms with Crippen molar-refractivity contribution in [3.8, 4) is 0 Å². The average molecular weight is 714 g/mol. The second kappa shape index (κ2) is 20.1. The molecule has 0 radical (unpaired) electrons. The number of carbonyl (C=O) groups is 4. The molecule has 2 heterocycles. The maximum Gasteiger partial charge on any atom is 0.226 e. The third-order valence-corrected chi connectivity index (χ3v) is 10.2. The number of likely N-dealkylation sites (tertiary alicyclic amines) is 1. The first-order chi connectivity index (χ1) is 25.0. The van der Waals surface area contributed by atoms with Crippen LogP contribution in [-0.2, 0) is 32.0 Å². The van der Waals surface area contributed by atoms with Crippen LogP contribution in [0.4, 0.5) is 0 Å². The first kappa shape index (κ1) is 40.5. The fourth-order valence-corrected chi connectivity index (χ4v) is 7.40. The molecular weight excluding hydrogens is 654 g/mol. The van der Waals surface area contributed by atoms with Crippen molar-refractivity contribution in [2.24, 2.45) is 29.2 Å². The van der Waals surface area contributed by atoms with Gasteiger partial charge in [0.15, 0.2) is 11.6 Å². The maximum absolute atomic E-state index is 14.1. The van der Waals surface area contributed by atoms with Gasteiger partial charge < -0.3 is 26.3 Å². The van der Waals surface area contributed by atoms with E-state index >= 15 is 0 Å². The Hall–Kier alpha value is -4.22. The van der Waals surface area contributed by atoms with Crippen LogP contribution < -0.4 is 16.8 Å². The summed E-state index contributed by atoms with van der Waals surface area (Å²) in [6, 6.07) is 17.9. The molecule has 3 aromatic rings. The smallest absolute Gasteiger partial charge is 0.226 e. The number of nitrogens with one attached hydrogen (secondary N) is 1. The Kier molecular flexibility index (Phi) is 15.7. The normalized spacial score (nSPS) is 15.9. The van der Waals surface area contributed by atoms with E-state index in [0.29, 0.717) is 45.3 Å². The highest BCUT2D eigenvalue weighted by Crippen LogP contribution is 2.28. The lowest BCUT2D eigenvalue weighted by molar-refractivity contribution is -0.140. The highest BCUT2D eigenvalue weighted by molar-refractivity contribution is 5.94. The Morgan fingerprint density at radius 1 is 0.808 bits per heavy atom. The van der Waals surface area contributed by atoms with Crippen molar-refractivity contribution < 1.29 is 19.2 Å². The number of unbranched alkanes of at least 4 members (excludes halogenated alkanes) is 1. The van der Waals surface area contributed by atoms with Crippen LogP contribution in [0.15, 0.2) is 60.7 Å². The maximum atomic E-state index is 14.1. The van der Waals surface area contributed by atoms with Crippen LogP contribution >= 0.6 is 0 Å². The number of Topliss-reactive ketones (excluding diaryl/α,β-unsaturated/α-hetero) is 2. The second-order valence-corrected chi connectivity index (χ2v) is 14.9. The van der Waals surface area contributed by atoms with Crippen LogP contribution in [0.1, 0.15) is 94.0 Å². The number of ketones is 2. The number of benzene rings is 2. The van der Waals surface area contributed by atoms with Gasteiger partial charge in [0.1, 0.15) is 11.6 Å². The van der Waals surface area contributed by atoms with Crippen LogP contribution in [0.25, 0.3) is 0 Å². The van der Waals surface area contributed by atoms with Crippen molar-refractivity contribution in [3.05, 3.63) is 83.4 Å². The van der Waals surface area contributed by atoms with Gasteiger partial charge in [-0.25, -0.2) is 0 Å². The van der Waals surface area contributed by atoms with Crippen LogP contribution in [0.5, 0.6) is 0 Å². The molecule has 2 aromatic carbocycles. The topological polar surface area (TPSA) is 166 Å². The van der Waals surface area contributed by atoms with E-state index in [-0.39, 0.29) is 48.2 Å². The number of amides is 2. The summed E-state index contributed by atoms with van der Waals surface area (Å²) in [6.45, 7) is 9.62. The molecule has 0 aliphatic carbocycles. The predicted octanol–water partition coefficient (Wildman–Crippen LogP) is 4.68. The van der Waals surface area contributed by atoms with Gasteiger partial charge in [0.25, 0.3) is 0 Å².